The normalized spacial score (nSPS) is 10.3. The zero-order valence-corrected chi connectivity index (χ0v) is 10.1. The SMILES string of the molecule is Cc1ccc(NC(=O)c2ccnc(CCN)c2)o1. The second kappa shape index (κ2) is 5.46. The molecule has 2 aromatic heterocycles. The second-order valence-electron chi connectivity index (χ2n) is 3.94. The summed E-state index contributed by atoms with van der Waals surface area (Å²) in [5.41, 5.74) is 6.81. The molecule has 3 N–H and O–H groups in total. The van der Waals surface area contributed by atoms with Crippen molar-refractivity contribution in [3.8, 4) is 0 Å². The zero-order chi connectivity index (χ0) is 13.0. The number of aryl methyl sites for hydroxylation is 1. The number of anilines is 1. The first-order chi connectivity index (χ1) is 8.69. The van der Waals surface area contributed by atoms with Gasteiger partial charge in [0.05, 0.1) is 0 Å². The Balaban J connectivity index is 2.11. The number of rotatable bonds is 4. The van der Waals surface area contributed by atoms with E-state index in [1.54, 1.807) is 30.5 Å². The molecule has 0 saturated carbocycles. The Morgan fingerprint density at radius 3 is 2.94 bits per heavy atom. The van der Waals surface area contributed by atoms with Crippen LogP contribution in [0.1, 0.15) is 21.8 Å². The van der Waals surface area contributed by atoms with Crippen LogP contribution in [0.25, 0.3) is 0 Å². The number of aromatic nitrogens is 1. The van der Waals surface area contributed by atoms with Crippen LogP contribution in [0.5, 0.6) is 0 Å². The number of nitrogens with zero attached hydrogens (tertiary/aromatic N) is 1. The van der Waals surface area contributed by atoms with Gasteiger partial charge in [0.2, 0.25) is 0 Å². The van der Waals surface area contributed by atoms with Crippen molar-refractivity contribution in [3.05, 3.63) is 47.5 Å². The molecule has 0 saturated heterocycles. The lowest BCUT2D eigenvalue weighted by Crippen LogP contribution is -2.13. The smallest absolute Gasteiger partial charge is 0.258 e. The average molecular weight is 245 g/mol. The van der Waals surface area contributed by atoms with Crippen molar-refractivity contribution in [1.29, 1.82) is 0 Å². The molecule has 0 fully saturated rings. The third kappa shape index (κ3) is 2.95. The third-order valence-corrected chi connectivity index (χ3v) is 2.46. The zero-order valence-electron chi connectivity index (χ0n) is 10.1. The minimum absolute atomic E-state index is 0.218. The number of furan rings is 1. The number of pyridine rings is 1. The molecular weight excluding hydrogens is 230 g/mol. The van der Waals surface area contributed by atoms with Crippen LogP contribution in [-0.2, 0) is 6.42 Å². The van der Waals surface area contributed by atoms with Crippen molar-refractivity contribution >= 4 is 11.8 Å². The Morgan fingerprint density at radius 2 is 2.28 bits per heavy atom. The lowest BCUT2D eigenvalue weighted by Gasteiger charge is -2.03. The van der Waals surface area contributed by atoms with Gasteiger partial charge in [0.25, 0.3) is 5.91 Å². The molecule has 0 aliphatic rings. The van der Waals surface area contributed by atoms with E-state index >= 15 is 0 Å². The Labute approximate surface area is 105 Å². The van der Waals surface area contributed by atoms with Gasteiger partial charge in [-0.2, -0.15) is 0 Å². The van der Waals surface area contributed by atoms with Crippen LogP contribution >= 0.6 is 0 Å². The van der Waals surface area contributed by atoms with Crippen molar-refractivity contribution in [3.63, 3.8) is 0 Å². The fraction of sp³-hybridized carbons (Fsp3) is 0.231. The summed E-state index contributed by atoms with van der Waals surface area (Å²) >= 11 is 0. The Bertz CT molecular complexity index is 549. The third-order valence-electron chi connectivity index (χ3n) is 2.46. The number of amides is 1. The maximum atomic E-state index is 11.9. The lowest BCUT2D eigenvalue weighted by atomic mass is 10.2. The van der Waals surface area contributed by atoms with E-state index in [0.717, 1.165) is 11.5 Å². The standard InChI is InChI=1S/C13H15N3O2/c1-9-2-3-12(18-9)16-13(17)10-5-7-15-11(8-10)4-6-14/h2-3,5,7-8H,4,6,14H2,1H3,(H,16,17). The second-order valence-corrected chi connectivity index (χ2v) is 3.94. The van der Waals surface area contributed by atoms with E-state index in [1.807, 2.05) is 6.92 Å². The monoisotopic (exact) mass is 245 g/mol. The molecule has 2 aromatic rings. The van der Waals surface area contributed by atoms with Crippen molar-refractivity contribution in [2.75, 3.05) is 11.9 Å². The van der Waals surface area contributed by atoms with Crippen LogP contribution in [0, 0.1) is 6.92 Å². The van der Waals surface area contributed by atoms with Gasteiger partial charge in [0.1, 0.15) is 5.76 Å². The fourth-order valence-corrected chi connectivity index (χ4v) is 1.59. The van der Waals surface area contributed by atoms with Crippen LogP contribution in [0.4, 0.5) is 5.88 Å². The minimum Gasteiger partial charge on any atom is -0.446 e. The highest BCUT2D eigenvalue weighted by atomic mass is 16.4. The van der Waals surface area contributed by atoms with Gasteiger partial charge in [0, 0.05) is 29.9 Å². The van der Waals surface area contributed by atoms with E-state index in [4.69, 9.17) is 10.2 Å². The van der Waals surface area contributed by atoms with E-state index < -0.39 is 0 Å². The summed E-state index contributed by atoms with van der Waals surface area (Å²) in [4.78, 5) is 16.1. The van der Waals surface area contributed by atoms with Crippen molar-refractivity contribution < 1.29 is 9.21 Å². The van der Waals surface area contributed by atoms with Crippen LogP contribution in [-0.4, -0.2) is 17.4 Å². The summed E-state index contributed by atoms with van der Waals surface area (Å²) in [6.07, 6.45) is 2.26. The molecule has 0 aromatic carbocycles. The van der Waals surface area contributed by atoms with E-state index in [2.05, 4.69) is 10.3 Å². The summed E-state index contributed by atoms with van der Waals surface area (Å²) in [5.74, 6) is 0.976. The Morgan fingerprint density at radius 1 is 1.44 bits per heavy atom. The Kier molecular flexibility index (Phi) is 3.74. The van der Waals surface area contributed by atoms with Crippen molar-refractivity contribution in [2.45, 2.75) is 13.3 Å². The van der Waals surface area contributed by atoms with Gasteiger partial charge in [-0.05, 0) is 31.7 Å². The minimum atomic E-state index is -0.218. The molecule has 0 aliphatic heterocycles. The van der Waals surface area contributed by atoms with Gasteiger partial charge in [-0.25, -0.2) is 0 Å². The van der Waals surface area contributed by atoms with Gasteiger partial charge >= 0.3 is 0 Å². The molecule has 0 atom stereocenters. The first-order valence-electron chi connectivity index (χ1n) is 5.72. The molecular formula is C13H15N3O2. The van der Waals surface area contributed by atoms with Crippen LogP contribution in [0.2, 0.25) is 0 Å². The number of nitrogens with one attached hydrogen (secondary N) is 1. The van der Waals surface area contributed by atoms with Crippen LogP contribution < -0.4 is 11.1 Å². The highest BCUT2D eigenvalue weighted by molar-refractivity contribution is 6.03. The van der Waals surface area contributed by atoms with E-state index in [1.165, 1.54) is 0 Å². The summed E-state index contributed by atoms with van der Waals surface area (Å²) in [7, 11) is 0. The summed E-state index contributed by atoms with van der Waals surface area (Å²) in [6, 6.07) is 6.90. The van der Waals surface area contributed by atoms with Gasteiger partial charge < -0.3 is 10.2 Å². The largest absolute Gasteiger partial charge is 0.446 e. The topological polar surface area (TPSA) is 81.2 Å². The molecule has 5 nitrogen and oxygen atoms in total. The fourth-order valence-electron chi connectivity index (χ4n) is 1.59. The molecule has 0 bridgehead atoms. The first-order valence-corrected chi connectivity index (χ1v) is 5.72. The van der Waals surface area contributed by atoms with Crippen LogP contribution in [0.15, 0.2) is 34.9 Å². The molecule has 2 rings (SSSR count). The number of nitrogens with two attached hydrogens (primary N) is 1. The number of carbonyl (C=O) groups excluding carboxylic acids is 1. The maximum absolute atomic E-state index is 11.9. The molecule has 0 radical (unpaired) electrons. The highest BCUT2D eigenvalue weighted by Crippen LogP contribution is 2.13. The summed E-state index contributed by atoms with van der Waals surface area (Å²) in [6.45, 7) is 2.33. The van der Waals surface area contributed by atoms with E-state index in [9.17, 15) is 4.79 Å². The van der Waals surface area contributed by atoms with Gasteiger partial charge in [-0.1, -0.05) is 0 Å². The average Bonchev–Trinajstić information content (AvgIpc) is 2.75. The summed E-state index contributed by atoms with van der Waals surface area (Å²) in [5, 5.41) is 2.68. The molecule has 2 heterocycles. The van der Waals surface area contributed by atoms with Crippen molar-refractivity contribution in [1.82, 2.24) is 4.98 Å². The molecule has 5 heteroatoms. The first kappa shape index (κ1) is 12.3. The number of carbonyl (C=O) groups is 1. The molecule has 0 unspecified atom stereocenters. The molecule has 0 aliphatic carbocycles. The maximum Gasteiger partial charge on any atom is 0.258 e. The molecule has 1 amide bonds. The number of hydrogen-bond acceptors (Lipinski definition) is 4. The van der Waals surface area contributed by atoms with Gasteiger partial charge in [-0.3, -0.25) is 15.1 Å². The predicted octanol–water partition coefficient (Wildman–Crippen LogP) is 1.74. The van der Waals surface area contributed by atoms with E-state index in [0.29, 0.717) is 24.4 Å². The van der Waals surface area contributed by atoms with E-state index in [-0.39, 0.29) is 5.91 Å². The lowest BCUT2D eigenvalue weighted by molar-refractivity contribution is 0.102. The Hall–Kier alpha value is -2.14. The predicted molar refractivity (Wildman–Crippen MR) is 68.4 cm³/mol. The molecule has 94 valence electrons. The molecule has 0 spiro atoms. The molecule has 18 heavy (non-hydrogen) atoms. The van der Waals surface area contributed by atoms with Gasteiger partial charge in [0.15, 0.2) is 5.88 Å². The quantitative estimate of drug-likeness (QED) is 0.859. The van der Waals surface area contributed by atoms with Gasteiger partial charge in [-0.15, -0.1) is 0 Å². The number of hydrogen-bond donors (Lipinski definition) is 2. The highest BCUT2D eigenvalue weighted by Gasteiger charge is 2.09. The summed E-state index contributed by atoms with van der Waals surface area (Å²) < 4.78 is 5.29. The van der Waals surface area contributed by atoms with Crippen LogP contribution in [0.3, 0.4) is 0 Å². The van der Waals surface area contributed by atoms with Crippen molar-refractivity contribution in [2.24, 2.45) is 5.73 Å².